The first-order valence-electron chi connectivity index (χ1n) is 8.19. The van der Waals surface area contributed by atoms with Gasteiger partial charge in [0.25, 0.3) is 10.0 Å². The first-order chi connectivity index (χ1) is 11.9. The molecule has 1 aromatic rings. The van der Waals surface area contributed by atoms with Crippen molar-refractivity contribution in [3.63, 3.8) is 0 Å². The number of thiophene rings is 1. The van der Waals surface area contributed by atoms with Gasteiger partial charge in [-0.2, -0.15) is 4.31 Å². The summed E-state index contributed by atoms with van der Waals surface area (Å²) in [6.45, 7) is 2.44. The Morgan fingerprint density at radius 2 is 1.88 bits per heavy atom. The number of amides is 2. The fourth-order valence-corrected chi connectivity index (χ4v) is 6.13. The van der Waals surface area contributed by atoms with Crippen LogP contribution in [0.4, 0.5) is 0 Å². The van der Waals surface area contributed by atoms with E-state index in [-0.39, 0.29) is 29.1 Å². The molecular formula is C15H20ClN3O4S2. The molecule has 7 nitrogen and oxygen atoms in total. The molecule has 0 spiro atoms. The van der Waals surface area contributed by atoms with Crippen LogP contribution < -0.4 is 0 Å². The summed E-state index contributed by atoms with van der Waals surface area (Å²) in [5, 5.41) is 0. The van der Waals surface area contributed by atoms with E-state index in [1.807, 2.05) is 0 Å². The Labute approximate surface area is 156 Å². The molecule has 0 radical (unpaired) electrons. The summed E-state index contributed by atoms with van der Waals surface area (Å²) in [5.74, 6) is 0.0780. The maximum Gasteiger partial charge on any atom is 0.252 e. The molecule has 2 fully saturated rings. The first-order valence-corrected chi connectivity index (χ1v) is 10.8. The number of rotatable bonds is 5. The minimum atomic E-state index is -3.55. The Bertz CT molecular complexity index is 757. The van der Waals surface area contributed by atoms with Crippen molar-refractivity contribution in [3.8, 4) is 0 Å². The molecule has 3 heterocycles. The molecule has 0 unspecified atom stereocenters. The van der Waals surface area contributed by atoms with Crippen molar-refractivity contribution in [2.24, 2.45) is 0 Å². The average molecular weight is 406 g/mol. The highest BCUT2D eigenvalue weighted by molar-refractivity contribution is 7.91. The van der Waals surface area contributed by atoms with Crippen LogP contribution in [-0.2, 0) is 19.6 Å². The lowest BCUT2D eigenvalue weighted by Crippen LogP contribution is -2.50. The van der Waals surface area contributed by atoms with E-state index in [2.05, 4.69) is 0 Å². The number of hydrogen-bond donors (Lipinski definition) is 0. The van der Waals surface area contributed by atoms with Crippen LogP contribution >= 0.6 is 22.9 Å². The highest BCUT2D eigenvalue weighted by Crippen LogP contribution is 2.28. The normalized spacial score (nSPS) is 19.6. The van der Waals surface area contributed by atoms with Gasteiger partial charge in [0.2, 0.25) is 11.8 Å². The molecule has 2 saturated heterocycles. The van der Waals surface area contributed by atoms with E-state index in [0.717, 1.165) is 24.3 Å². The van der Waals surface area contributed by atoms with Crippen LogP contribution in [0.2, 0.25) is 4.34 Å². The van der Waals surface area contributed by atoms with Crippen molar-refractivity contribution in [1.29, 1.82) is 0 Å². The van der Waals surface area contributed by atoms with E-state index in [0.29, 0.717) is 36.8 Å². The summed E-state index contributed by atoms with van der Waals surface area (Å²) in [6.07, 6.45) is 1.72. The van der Waals surface area contributed by atoms with E-state index < -0.39 is 10.0 Å². The molecule has 1 aromatic heterocycles. The Morgan fingerprint density at radius 1 is 1.16 bits per heavy atom. The number of likely N-dealkylation sites (tertiary alicyclic amines) is 1. The Kier molecular flexibility index (Phi) is 5.67. The largest absolute Gasteiger partial charge is 0.342 e. The van der Waals surface area contributed by atoms with E-state index >= 15 is 0 Å². The van der Waals surface area contributed by atoms with E-state index in [4.69, 9.17) is 11.6 Å². The molecule has 0 aromatic carbocycles. The zero-order valence-electron chi connectivity index (χ0n) is 13.7. The number of sulfonamides is 1. The standard InChI is InChI=1S/C15H20ClN3O4S2/c16-12-3-4-15(24-12)25(22,23)19-10-8-18(9-11-19)14(21)5-7-17-6-1-2-13(17)20/h3-4H,1-2,5-11H2. The maximum atomic E-state index is 12.5. The van der Waals surface area contributed by atoms with Crippen molar-refractivity contribution in [2.75, 3.05) is 39.3 Å². The van der Waals surface area contributed by atoms with Crippen LogP contribution in [0.15, 0.2) is 16.3 Å². The number of carbonyl (C=O) groups is 2. The van der Waals surface area contributed by atoms with Gasteiger partial charge in [0.1, 0.15) is 4.21 Å². The second-order valence-corrected chi connectivity index (χ2v) is 9.96. The van der Waals surface area contributed by atoms with E-state index in [9.17, 15) is 18.0 Å². The molecule has 0 bridgehead atoms. The lowest BCUT2D eigenvalue weighted by atomic mass is 10.3. The van der Waals surface area contributed by atoms with Crippen LogP contribution in [0.1, 0.15) is 19.3 Å². The first kappa shape index (κ1) is 18.6. The van der Waals surface area contributed by atoms with Crippen molar-refractivity contribution < 1.29 is 18.0 Å². The van der Waals surface area contributed by atoms with Crippen LogP contribution in [0.3, 0.4) is 0 Å². The lowest BCUT2D eigenvalue weighted by Gasteiger charge is -2.34. The highest BCUT2D eigenvalue weighted by Gasteiger charge is 2.31. The fourth-order valence-electron chi connectivity index (χ4n) is 3.07. The maximum absolute atomic E-state index is 12.5. The number of piperazine rings is 1. The summed E-state index contributed by atoms with van der Waals surface area (Å²) >= 11 is 6.86. The Morgan fingerprint density at radius 3 is 2.44 bits per heavy atom. The molecule has 0 N–H and O–H groups in total. The van der Waals surface area contributed by atoms with Crippen LogP contribution in [0, 0.1) is 0 Å². The second-order valence-electron chi connectivity index (χ2n) is 6.08. The fraction of sp³-hybridized carbons (Fsp3) is 0.600. The van der Waals surface area contributed by atoms with Crippen molar-refractivity contribution in [1.82, 2.24) is 14.1 Å². The minimum Gasteiger partial charge on any atom is -0.342 e. The predicted octanol–water partition coefficient (Wildman–Crippen LogP) is 1.25. The summed E-state index contributed by atoms with van der Waals surface area (Å²) in [6, 6.07) is 3.07. The third-order valence-electron chi connectivity index (χ3n) is 4.50. The van der Waals surface area contributed by atoms with Gasteiger partial charge in [-0.05, 0) is 18.6 Å². The zero-order valence-corrected chi connectivity index (χ0v) is 16.1. The number of hydrogen-bond acceptors (Lipinski definition) is 5. The van der Waals surface area contributed by atoms with Gasteiger partial charge in [-0.1, -0.05) is 11.6 Å². The summed E-state index contributed by atoms with van der Waals surface area (Å²) in [4.78, 5) is 27.3. The van der Waals surface area contributed by atoms with Crippen molar-refractivity contribution in [2.45, 2.75) is 23.5 Å². The quantitative estimate of drug-likeness (QED) is 0.738. The number of carbonyl (C=O) groups excluding carboxylic acids is 2. The summed E-state index contributed by atoms with van der Waals surface area (Å²) < 4.78 is 27.1. The smallest absolute Gasteiger partial charge is 0.252 e. The van der Waals surface area contributed by atoms with Crippen LogP contribution in [0.25, 0.3) is 0 Å². The second kappa shape index (κ2) is 7.61. The molecule has 0 atom stereocenters. The molecular weight excluding hydrogens is 386 g/mol. The highest BCUT2D eigenvalue weighted by atomic mass is 35.5. The van der Waals surface area contributed by atoms with Crippen molar-refractivity contribution >= 4 is 44.8 Å². The monoisotopic (exact) mass is 405 g/mol. The topological polar surface area (TPSA) is 78.0 Å². The van der Waals surface area contributed by atoms with Gasteiger partial charge in [-0.3, -0.25) is 9.59 Å². The third kappa shape index (κ3) is 4.16. The zero-order chi connectivity index (χ0) is 18.0. The Balaban J connectivity index is 1.51. The summed E-state index contributed by atoms with van der Waals surface area (Å²) in [7, 11) is -3.55. The number of halogens is 1. The van der Waals surface area contributed by atoms with Gasteiger partial charge in [-0.25, -0.2) is 8.42 Å². The van der Waals surface area contributed by atoms with E-state index in [1.54, 1.807) is 15.9 Å². The van der Waals surface area contributed by atoms with Gasteiger partial charge in [0, 0.05) is 52.1 Å². The van der Waals surface area contributed by atoms with Gasteiger partial charge >= 0.3 is 0 Å². The Hall–Kier alpha value is -1.16. The summed E-state index contributed by atoms with van der Waals surface area (Å²) in [5.41, 5.74) is 0. The van der Waals surface area contributed by atoms with Gasteiger partial charge in [0.05, 0.1) is 4.34 Å². The minimum absolute atomic E-state index is 0.0316. The average Bonchev–Trinajstić information content (AvgIpc) is 3.21. The van der Waals surface area contributed by atoms with Crippen molar-refractivity contribution in [3.05, 3.63) is 16.5 Å². The van der Waals surface area contributed by atoms with Crippen LogP contribution in [-0.4, -0.2) is 73.6 Å². The van der Waals surface area contributed by atoms with Gasteiger partial charge in [0.15, 0.2) is 0 Å². The third-order valence-corrected chi connectivity index (χ3v) is 8.10. The molecule has 0 saturated carbocycles. The molecule has 2 aliphatic rings. The van der Waals surface area contributed by atoms with E-state index in [1.165, 1.54) is 10.4 Å². The lowest BCUT2D eigenvalue weighted by molar-refractivity contribution is -0.133. The molecule has 10 heteroatoms. The molecule has 138 valence electrons. The number of nitrogens with zero attached hydrogens (tertiary/aromatic N) is 3. The van der Waals surface area contributed by atoms with Gasteiger partial charge < -0.3 is 9.80 Å². The molecule has 0 aliphatic carbocycles. The molecule has 2 amide bonds. The molecule has 25 heavy (non-hydrogen) atoms. The SMILES string of the molecule is O=C1CCCN1CCC(=O)N1CCN(S(=O)(=O)c2ccc(Cl)s2)CC1. The molecule has 3 rings (SSSR count). The van der Waals surface area contributed by atoms with Gasteiger partial charge in [-0.15, -0.1) is 11.3 Å². The molecule has 2 aliphatic heterocycles. The predicted molar refractivity (Wildman–Crippen MR) is 95.1 cm³/mol. The van der Waals surface area contributed by atoms with Crippen LogP contribution in [0.5, 0.6) is 0 Å².